The molecule has 1 saturated heterocycles. The van der Waals surface area contributed by atoms with Gasteiger partial charge in [0, 0.05) is 32.3 Å². The average molecular weight is 434 g/mol. The lowest BCUT2D eigenvalue weighted by Crippen LogP contribution is -2.40. The zero-order valence-corrected chi connectivity index (χ0v) is 18.3. The molecule has 32 heavy (non-hydrogen) atoms. The molecule has 2 aromatic rings. The van der Waals surface area contributed by atoms with Crippen molar-refractivity contribution in [2.45, 2.75) is 26.7 Å². The van der Waals surface area contributed by atoms with Crippen molar-refractivity contribution >= 4 is 34.7 Å². The van der Waals surface area contributed by atoms with Crippen LogP contribution in [0.25, 0.3) is 5.57 Å². The summed E-state index contributed by atoms with van der Waals surface area (Å²) in [6, 6.07) is 14.2. The molecule has 1 atom stereocenters. The predicted molar refractivity (Wildman–Crippen MR) is 123 cm³/mol. The third-order valence-corrected chi connectivity index (χ3v) is 5.94. The van der Waals surface area contributed by atoms with Crippen LogP contribution >= 0.6 is 0 Å². The van der Waals surface area contributed by atoms with Crippen molar-refractivity contribution in [3.8, 4) is 0 Å². The number of nitrogens with one attached hydrogen (secondary N) is 1. The van der Waals surface area contributed by atoms with Crippen molar-refractivity contribution < 1.29 is 19.5 Å². The van der Waals surface area contributed by atoms with Crippen molar-refractivity contribution in [1.82, 2.24) is 4.90 Å². The number of anilines is 2. The van der Waals surface area contributed by atoms with Crippen LogP contribution in [0.15, 0.2) is 54.2 Å². The van der Waals surface area contributed by atoms with Gasteiger partial charge < -0.3 is 15.3 Å². The average Bonchev–Trinajstić information content (AvgIpc) is 3.04. The molecular weight excluding hydrogens is 406 g/mol. The molecule has 2 aliphatic rings. The highest BCUT2D eigenvalue weighted by Gasteiger charge is 2.43. The summed E-state index contributed by atoms with van der Waals surface area (Å²) in [6.07, 6.45) is 1.74. The highest BCUT2D eigenvalue weighted by molar-refractivity contribution is 6.45. The molecule has 2 aliphatic heterocycles. The van der Waals surface area contributed by atoms with E-state index in [-0.39, 0.29) is 30.2 Å². The van der Waals surface area contributed by atoms with Crippen molar-refractivity contribution in [2.75, 3.05) is 29.9 Å². The second-order valence-electron chi connectivity index (χ2n) is 8.40. The van der Waals surface area contributed by atoms with E-state index in [4.69, 9.17) is 0 Å². The molecule has 0 aliphatic carbocycles. The summed E-state index contributed by atoms with van der Waals surface area (Å²) < 4.78 is 0. The largest absolute Gasteiger partial charge is 0.396 e. The summed E-state index contributed by atoms with van der Waals surface area (Å²) in [5.41, 5.74) is 3.53. The number of imide groups is 1. The molecule has 7 nitrogen and oxygen atoms in total. The normalized spacial score (nSPS) is 19.0. The maximum atomic E-state index is 13.6. The zero-order chi connectivity index (χ0) is 22.8. The van der Waals surface area contributed by atoms with E-state index < -0.39 is 0 Å². The van der Waals surface area contributed by atoms with E-state index in [2.05, 4.69) is 5.32 Å². The maximum absolute atomic E-state index is 13.6. The van der Waals surface area contributed by atoms with E-state index in [1.807, 2.05) is 24.0 Å². The Hall–Kier alpha value is -3.45. The Morgan fingerprint density at radius 3 is 2.38 bits per heavy atom. The van der Waals surface area contributed by atoms with Gasteiger partial charge in [-0.1, -0.05) is 29.8 Å². The van der Waals surface area contributed by atoms with Crippen molar-refractivity contribution in [1.29, 1.82) is 0 Å². The Morgan fingerprint density at radius 1 is 1.06 bits per heavy atom. The third kappa shape index (κ3) is 4.16. The first-order chi connectivity index (χ1) is 15.4. The van der Waals surface area contributed by atoms with Gasteiger partial charge in [-0.25, -0.2) is 4.90 Å². The highest BCUT2D eigenvalue weighted by Crippen LogP contribution is 2.36. The number of carbonyl (C=O) groups is 3. The van der Waals surface area contributed by atoms with Crippen LogP contribution in [0, 0.1) is 12.8 Å². The monoisotopic (exact) mass is 433 g/mol. The summed E-state index contributed by atoms with van der Waals surface area (Å²) in [6.45, 7) is 4.61. The number of aliphatic hydroxyl groups is 1. The Morgan fingerprint density at radius 2 is 1.75 bits per heavy atom. The lowest BCUT2D eigenvalue weighted by atomic mass is 9.97. The van der Waals surface area contributed by atoms with Gasteiger partial charge in [0.05, 0.1) is 11.3 Å². The van der Waals surface area contributed by atoms with Crippen LogP contribution < -0.4 is 10.2 Å². The van der Waals surface area contributed by atoms with Crippen LogP contribution in [-0.2, 0) is 14.4 Å². The van der Waals surface area contributed by atoms with E-state index in [9.17, 15) is 19.5 Å². The van der Waals surface area contributed by atoms with Gasteiger partial charge in [-0.15, -0.1) is 0 Å². The fourth-order valence-electron chi connectivity index (χ4n) is 4.34. The number of rotatable bonds is 5. The number of carbonyl (C=O) groups excluding carboxylic acids is 3. The topological polar surface area (TPSA) is 90.0 Å². The van der Waals surface area contributed by atoms with Crippen molar-refractivity contribution in [2.24, 2.45) is 5.92 Å². The molecule has 2 N–H and O–H groups in total. The number of amides is 3. The Kier molecular flexibility index (Phi) is 6.10. The Labute approximate surface area is 187 Å². The fourth-order valence-corrected chi connectivity index (χ4v) is 4.34. The number of hydrogen-bond donors (Lipinski definition) is 2. The quantitative estimate of drug-likeness (QED) is 0.708. The van der Waals surface area contributed by atoms with Gasteiger partial charge in [0.1, 0.15) is 5.70 Å². The van der Waals surface area contributed by atoms with E-state index in [1.54, 1.807) is 36.4 Å². The van der Waals surface area contributed by atoms with E-state index in [0.29, 0.717) is 41.3 Å². The molecule has 2 heterocycles. The smallest absolute Gasteiger partial charge is 0.282 e. The molecule has 1 unspecified atom stereocenters. The fraction of sp³-hybridized carbons (Fsp3) is 0.320. The zero-order valence-electron chi connectivity index (χ0n) is 18.3. The van der Waals surface area contributed by atoms with Crippen LogP contribution in [-0.4, -0.2) is 47.4 Å². The molecule has 166 valence electrons. The molecule has 3 amide bonds. The highest BCUT2D eigenvalue weighted by atomic mass is 16.3. The van der Waals surface area contributed by atoms with E-state index in [0.717, 1.165) is 18.4 Å². The molecule has 2 aromatic carbocycles. The second-order valence-corrected chi connectivity index (χ2v) is 8.40. The van der Waals surface area contributed by atoms with Gasteiger partial charge >= 0.3 is 0 Å². The van der Waals surface area contributed by atoms with E-state index >= 15 is 0 Å². The number of nitrogens with zero attached hydrogens (tertiary/aromatic N) is 2. The molecule has 0 bridgehead atoms. The minimum atomic E-state index is -0.368. The molecule has 0 saturated carbocycles. The summed E-state index contributed by atoms with van der Waals surface area (Å²) in [5, 5.41) is 12.4. The minimum absolute atomic E-state index is 0.0499. The summed E-state index contributed by atoms with van der Waals surface area (Å²) in [7, 11) is 0. The minimum Gasteiger partial charge on any atom is -0.396 e. The SMILES string of the molecule is CC(=O)Nc1ccc(C2=C(N3CCCC(CO)C3)C(=O)N(c3ccc(C)cc3)C2=O)cc1. The molecule has 4 rings (SSSR count). The first-order valence-corrected chi connectivity index (χ1v) is 10.8. The van der Waals surface area contributed by atoms with Gasteiger partial charge in [0.15, 0.2) is 0 Å². The van der Waals surface area contributed by atoms with Crippen molar-refractivity contribution in [3.63, 3.8) is 0 Å². The summed E-state index contributed by atoms with van der Waals surface area (Å²) in [4.78, 5) is 41.7. The standard InChI is InChI=1S/C25H27N3O4/c1-16-5-11-21(12-6-16)28-24(31)22(19-7-9-20(10-8-19)26-17(2)30)23(25(28)32)27-13-3-4-18(14-27)15-29/h5-12,18,29H,3-4,13-15H2,1-2H3,(H,26,30). The molecule has 0 aromatic heterocycles. The number of benzene rings is 2. The van der Waals surface area contributed by atoms with Crippen LogP contribution in [0.3, 0.4) is 0 Å². The van der Waals surface area contributed by atoms with Gasteiger partial charge in [0.25, 0.3) is 11.8 Å². The molecular formula is C25H27N3O4. The van der Waals surface area contributed by atoms with Crippen LogP contribution in [0.5, 0.6) is 0 Å². The predicted octanol–water partition coefficient (Wildman–Crippen LogP) is 2.94. The lowest BCUT2D eigenvalue weighted by Gasteiger charge is -2.34. The van der Waals surface area contributed by atoms with E-state index in [1.165, 1.54) is 11.8 Å². The number of aryl methyl sites for hydroxylation is 1. The molecule has 1 fully saturated rings. The van der Waals surface area contributed by atoms with Gasteiger partial charge in [-0.3, -0.25) is 14.4 Å². The molecule has 0 radical (unpaired) electrons. The van der Waals surface area contributed by atoms with Gasteiger partial charge in [0.2, 0.25) is 5.91 Å². The summed E-state index contributed by atoms with van der Waals surface area (Å²) >= 11 is 0. The number of likely N-dealkylation sites (tertiary alicyclic amines) is 1. The van der Waals surface area contributed by atoms with Crippen LogP contribution in [0.2, 0.25) is 0 Å². The van der Waals surface area contributed by atoms with Crippen LogP contribution in [0.1, 0.15) is 30.9 Å². The Balaban J connectivity index is 1.77. The maximum Gasteiger partial charge on any atom is 0.282 e. The summed E-state index contributed by atoms with van der Waals surface area (Å²) in [5.74, 6) is -0.833. The van der Waals surface area contributed by atoms with Gasteiger partial charge in [-0.05, 0) is 55.5 Å². The van der Waals surface area contributed by atoms with Crippen LogP contribution in [0.4, 0.5) is 11.4 Å². The Bertz CT molecular complexity index is 1070. The molecule has 0 spiro atoms. The number of hydrogen-bond acceptors (Lipinski definition) is 5. The third-order valence-electron chi connectivity index (χ3n) is 5.94. The molecule has 7 heteroatoms. The first-order valence-electron chi connectivity index (χ1n) is 10.8. The van der Waals surface area contributed by atoms with Gasteiger partial charge in [-0.2, -0.15) is 0 Å². The van der Waals surface area contributed by atoms with Crippen molar-refractivity contribution in [3.05, 3.63) is 65.4 Å². The lowest BCUT2D eigenvalue weighted by molar-refractivity contribution is -0.121. The second kappa shape index (κ2) is 8.96. The first kappa shape index (κ1) is 21.8. The number of aliphatic hydroxyl groups excluding tert-OH is 1. The number of piperidine rings is 1.